The smallest absolute Gasteiger partial charge is 0.872 e. The van der Waals surface area contributed by atoms with Gasteiger partial charge in [0.05, 0.1) is 0 Å². The molecular weight excluding hydrogens is 720 g/mol. The minimum Gasteiger partial charge on any atom is -0.872 e. The summed E-state index contributed by atoms with van der Waals surface area (Å²) in [4.78, 5) is 16.8. The Morgan fingerprint density at radius 2 is 0.580 bits per heavy atom. The third kappa shape index (κ3) is 13.9. The number of aliphatic imine (C=N–C) groups is 4. The number of hydrogen-bond donors (Lipinski definition) is 0. The van der Waals surface area contributed by atoms with Crippen LogP contribution in [-0.2, 0) is 34.1 Å². The van der Waals surface area contributed by atoms with Crippen LogP contribution in [0.5, 0.6) is 23.0 Å². The van der Waals surface area contributed by atoms with E-state index in [0.717, 1.165) is 0 Å². The summed E-state index contributed by atoms with van der Waals surface area (Å²) in [6.45, 7) is 7.01. The molecule has 0 amide bonds. The summed E-state index contributed by atoms with van der Waals surface area (Å²) in [6.07, 6.45) is -2.04. The van der Waals surface area contributed by atoms with Crippen molar-refractivity contribution in [1.82, 2.24) is 0 Å². The van der Waals surface area contributed by atoms with E-state index in [1.807, 2.05) is 0 Å². The van der Waals surface area contributed by atoms with Gasteiger partial charge in [-0.25, -0.2) is 0 Å². The quantitative estimate of drug-likeness (QED) is 0.156. The average Bonchev–Trinajstić information content (AvgIpc) is 3.08. The predicted molar refractivity (Wildman–Crippen MR) is 179 cm³/mol. The molecule has 0 aliphatic heterocycles. The van der Waals surface area contributed by atoms with E-state index in [2.05, 4.69) is 20.0 Å². The first-order valence-electron chi connectivity index (χ1n) is 15.4. The number of rotatable bonds is 12. The van der Waals surface area contributed by atoms with Crippen LogP contribution < -0.4 is 30.6 Å². The van der Waals surface area contributed by atoms with Gasteiger partial charge in [-0.05, 0) is 49.9 Å². The van der Waals surface area contributed by atoms with Gasteiger partial charge in [-0.15, -0.1) is 0 Å². The van der Waals surface area contributed by atoms with E-state index in [1.165, 1.54) is 24.3 Å². The Balaban J connectivity index is 0.000000481. The molecule has 0 saturated carbocycles. The SMILES string of the molecule is CC(=NCC([O-])CN=C(C)c1ccccc1[O-])c1ccccc1[O-].CC(=NCC([O-])CN=C(C)c1ccccc1[O-])c1ccccc1[O-].[Fe+3].[Fe+3]. The molecule has 0 fully saturated rings. The van der Waals surface area contributed by atoms with E-state index in [1.54, 1.807) is 100 Å². The van der Waals surface area contributed by atoms with Crippen LogP contribution in [0.1, 0.15) is 49.9 Å². The van der Waals surface area contributed by atoms with E-state index in [-0.39, 0.29) is 83.3 Å². The van der Waals surface area contributed by atoms with Crippen molar-refractivity contribution in [2.75, 3.05) is 26.2 Å². The van der Waals surface area contributed by atoms with Crippen LogP contribution >= 0.6 is 0 Å². The molecule has 4 aromatic carbocycles. The molecule has 2 radical (unpaired) electrons. The Morgan fingerprint density at radius 3 is 0.760 bits per heavy atom. The summed E-state index contributed by atoms with van der Waals surface area (Å²) in [5.41, 5.74) is 4.21. The molecule has 0 saturated heterocycles. The summed E-state index contributed by atoms with van der Waals surface area (Å²) in [6, 6.07) is 26.4. The Kier molecular flexibility index (Phi) is 19.6. The maximum atomic E-state index is 12.0. The topological polar surface area (TPSA) is 188 Å². The zero-order valence-electron chi connectivity index (χ0n) is 28.2. The molecule has 0 aromatic heterocycles. The molecule has 0 atom stereocenters. The molecular formula is C38H38Fe2N4O6. The second-order valence-corrected chi connectivity index (χ2v) is 10.9. The number of benzene rings is 4. The molecule has 0 heterocycles. The Morgan fingerprint density at radius 1 is 0.400 bits per heavy atom. The zero-order valence-corrected chi connectivity index (χ0v) is 30.4. The Bertz CT molecular complexity index is 1520. The summed E-state index contributed by atoms with van der Waals surface area (Å²) >= 11 is 0. The van der Waals surface area contributed by atoms with E-state index in [9.17, 15) is 30.6 Å². The van der Waals surface area contributed by atoms with Crippen LogP contribution in [0.4, 0.5) is 0 Å². The molecule has 0 aliphatic rings. The normalized spacial score (nSPS) is 13.2. The maximum Gasteiger partial charge on any atom is 3.00 e. The van der Waals surface area contributed by atoms with Crippen molar-refractivity contribution in [3.63, 3.8) is 0 Å². The number of nitrogens with zero attached hydrogens (tertiary/aromatic N) is 4. The van der Waals surface area contributed by atoms with Gasteiger partial charge in [0.2, 0.25) is 0 Å². The molecule has 0 aliphatic carbocycles. The van der Waals surface area contributed by atoms with E-state index in [4.69, 9.17) is 0 Å². The minimum absolute atomic E-state index is 0. The van der Waals surface area contributed by atoms with E-state index >= 15 is 0 Å². The third-order valence-corrected chi connectivity index (χ3v) is 7.24. The standard InChI is InChI=1S/2C19H21N2O3.2Fe/c2*1-13(16-7-3-5-9-18(16)23)20-11-15(22)12-21-14(2)17-8-4-6-10-19(17)24;;/h2*3-10,15,23-24H,11-12H2,1-2H3;;/q2*-1;2*+3/p-4. The van der Waals surface area contributed by atoms with E-state index in [0.29, 0.717) is 45.1 Å². The maximum absolute atomic E-state index is 12.0. The van der Waals surface area contributed by atoms with Crippen LogP contribution in [0.15, 0.2) is 117 Å². The van der Waals surface area contributed by atoms with Crippen molar-refractivity contribution in [2.45, 2.75) is 39.9 Å². The summed E-state index contributed by atoms with van der Waals surface area (Å²) < 4.78 is 0. The first-order chi connectivity index (χ1) is 23.0. The van der Waals surface area contributed by atoms with Gasteiger partial charge in [0, 0.05) is 49.0 Å². The fourth-order valence-electron chi connectivity index (χ4n) is 4.47. The van der Waals surface area contributed by atoms with Gasteiger partial charge in [-0.3, -0.25) is 20.0 Å². The second kappa shape index (κ2) is 22.4. The predicted octanol–water partition coefficient (Wildman–Crippen LogP) is 1.76. The van der Waals surface area contributed by atoms with Gasteiger partial charge in [0.1, 0.15) is 0 Å². The molecule has 4 aromatic rings. The minimum atomic E-state index is -1.02. The van der Waals surface area contributed by atoms with Crippen LogP contribution in [0, 0.1) is 0 Å². The third-order valence-electron chi connectivity index (χ3n) is 7.24. The van der Waals surface area contributed by atoms with Crippen molar-refractivity contribution in [3.05, 3.63) is 119 Å². The van der Waals surface area contributed by atoms with Gasteiger partial charge >= 0.3 is 34.1 Å². The largest absolute Gasteiger partial charge is 3.00 e. The van der Waals surface area contributed by atoms with Gasteiger partial charge < -0.3 is 30.6 Å². The van der Waals surface area contributed by atoms with Gasteiger partial charge in [0.25, 0.3) is 0 Å². The van der Waals surface area contributed by atoms with E-state index < -0.39 is 12.2 Å². The van der Waals surface area contributed by atoms with Crippen molar-refractivity contribution >= 4 is 22.8 Å². The van der Waals surface area contributed by atoms with Crippen molar-refractivity contribution in [1.29, 1.82) is 0 Å². The van der Waals surface area contributed by atoms with Gasteiger partial charge in [0.15, 0.2) is 0 Å². The fourth-order valence-corrected chi connectivity index (χ4v) is 4.47. The molecule has 0 unspecified atom stereocenters. The van der Waals surface area contributed by atoms with Crippen LogP contribution in [0.25, 0.3) is 0 Å². The molecule has 50 heavy (non-hydrogen) atoms. The molecule has 4 rings (SSSR count). The summed E-state index contributed by atoms with van der Waals surface area (Å²) in [5.74, 6) is -0.437. The Hall–Kier alpha value is -4.28. The molecule has 0 bridgehead atoms. The zero-order chi connectivity index (χ0) is 35.1. The molecule has 0 N–H and O–H groups in total. The second-order valence-electron chi connectivity index (χ2n) is 10.9. The summed E-state index contributed by atoms with van der Waals surface area (Å²) in [7, 11) is 0. The number of para-hydroxylation sites is 4. The number of hydrogen-bond acceptors (Lipinski definition) is 10. The van der Waals surface area contributed by atoms with Crippen molar-refractivity contribution in [2.24, 2.45) is 20.0 Å². The van der Waals surface area contributed by atoms with Crippen LogP contribution in [0.3, 0.4) is 0 Å². The van der Waals surface area contributed by atoms with Crippen molar-refractivity contribution in [3.8, 4) is 23.0 Å². The molecule has 262 valence electrons. The van der Waals surface area contributed by atoms with Gasteiger partial charge in [-0.1, -0.05) is 132 Å². The fraction of sp³-hybridized carbons (Fsp3) is 0.263. The first-order valence-corrected chi connectivity index (χ1v) is 15.4. The van der Waals surface area contributed by atoms with Gasteiger partial charge in [-0.2, -0.15) is 0 Å². The molecule has 0 spiro atoms. The van der Waals surface area contributed by atoms with Crippen LogP contribution in [-0.4, -0.2) is 61.2 Å². The monoisotopic (exact) mass is 758 g/mol. The average molecular weight is 758 g/mol. The summed E-state index contributed by atoms with van der Waals surface area (Å²) in [5, 5.41) is 70.8. The molecule has 12 heteroatoms. The first kappa shape index (κ1) is 43.7. The Labute approximate surface area is 314 Å². The van der Waals surface area contributed by atoms with Crippen LogP contribution in [0.2, 0.25) is 0 Å². The molecule has 10 nitrogen and oxygen atoms in total. The van der Waals surface area contributed by atoms with Crippen molar-refractivity contribution < 1.29 is 64.8 Å².